The predicted octanol–water partition coefficient (Wildman–Crippen LogP) is 0.221. The third-order valence-corrected chi connectivity index (χ3v) is 6.32. The molecule has 1 saturated heterocycles. The van der Waals surface area contributed by atoms with Gasteiger partial charge >= 0.3 is 5.69 Å². The van der Waals surface area contributed by atoms with Crippen LogP contribution in [0.15, 0.2) is 9.59 Å². The Morgan fingerprint density at radius 1 is 1.33 bits per heavy atom. The third kappa shape index (κ3) is 2.71. The Morgan fingerprint density at radius 3 is 2.86 bits per heavy atom. The zero-order chi connectivity index (χ0) is 15.0. The SMILES string of the molecule is Cn1c(=O)c2[nH]c(NCC3CSCCS3)nc2n(C)c1=O. The van der Waals surface area contributed by atoms with Gasteiger partial charge < -0.3 is 10.3 Å². The first-order chi connectivity index (χ1) is 10.1. The van der Waals surface area contributed by atoms with Crippen molar-refractivity contribution in [3.63, 3.8) is 0 Å². The summed E-state index contributed by atoms with van der Waals surface area (Å²) in [7, 11) is 3.08. The summed E-state index contributed by atoms with van der Waals surface area (Å²) in [4.78, 5) is 31.2. The number of anilines is 1. The number of aromatic amines is 1. The average Bonchev–Trinajstić information content (AvgIpc) is 2.94. The highest BCUT2D eigenvalue weighted by molar-refractivity contribution is 8.06. The number of hydrogen-bond donors (Lipinski definition) is 2. The van der Waals surface area contributed by atoms with Crippen molar-refractivity contribution in [2.75, 3.05) is 29.1 Å². The molecule has 21 heavy (non-hydrogen) atoms. The highest BCUT2D eigenvalue weighted by atomic mass is 32.2. The Morgan fingerprint density at radius 2 is 2.14 bits per heavy atom. The largest absolute Gasteiger partial charge is 0.355 e. The van der Waals surface area contributed by atoms with E-state index in [4.69, 9.17) is 0 Å². The first kappa shape index (κ1) is 14.6. The fourth-order valence-electron chi connectivity index (χ4n) is 2.27. The molecule has 0 aliphatic carbocycles. The van der Waals surface area contributed by atoms with E-state index in [1.807, 2.05) is 23.5 Å². The summed E-state index contributed by atoms with van der Waals surface area (Å²) in [5.41, 5.74) is 0.0186. The molecule has 1 unspecified atom stereocenters. The number of aromatic nitrogens is 4. The number of imidazole rings is 1. The summed E-state index contributed by atoms with van der Waals surface area (Å²) in [5.74, 6) is 4.05. The molecule has 3 rings (SSSR count). The van der Waals surface area contributed by atoms with Gasteiger partial charge in [0.05, 0.1) is 0 Å². The average molecular weight is 327 g/mol. The van der Waals surface area contributed by atoms with E-state index in [2.05, 4.69) is 15.3 Å². The van der Waals surface area contributed by atoms with Crippen molar-refractivity contribution in [1.29, 1.82) is 0 Å². The molecule has 0 aromatic carbocycles. The molecule has 2 aromatic rings. The lowest BCUT2D eigenvalue weighted by atomic mass is 10.5. The number of hydrogen-bond acceptors (Lipinski definition) is 6. The molecule has 3 heterocycles. The Balaban J connectivity index is 1.87. The van der Waals surface area contributed by atoms with Gasteiger partial charge in [-0.3, -0.25) is 13.9 Å². The first-order valence-corrected chi connectivity index (χ1v) is 8.87. The van der Waals surface area contributed by atoms with Crippen molar-refractivity contribution in [2.24, 2.45) is 14.1 Å². The summed E-state index contributed by atoms with van der Waals surface area (Å²) in [5, 5.41) is 3.78. The second kappa shape index (κ2) is 5.80. The number of fused-ring (bicyclic) bond motifs is 1. The van der Waals surface area contributed by atoms with Crippen LogP contribution in [0.3, 0.4) is 0 Å². The normalized spacial score (nSPS) is 19.0. The minimum atomic E-state index is -0.371. The molecule has 114 valence electrons. The smallest absolute Gasteiger partial charge is 0.332 e. The zero-order valence-electron chi connectivity index (χ0n) is 11.9. The molecule has 1 aliphatic rings. The minimum Gasteiger partial charge on any atom is -0.355 e. The maximum atomic E-state index is 12.1. The lowest BCUT2D eigenvalue weighted by molar-refractivity contribution is 0.709. The Labute approximate surface area is 129 Å². The van der Waals surface area contributed by atoms with Crippen molar-refractivity contribution in [1.82, 2.24) is 19.1 Å². The van der Waals surface area contributed by atoms with Crippen molar-refractivity contribution in [3.8, 4) is 0 Å². The number of H-pyrrole nitrogens is 1. The Hall–Kier alpha value is -1.35. The number of nitrogens with one attached hydrogen (secondary N) is 2. The molecule has 0 spiro atoms. The molecule has 1 aliphatic heterocycles. The van der Waals surface area contributed by atoms with Crippen LogP contribution in [-0.2, 0) is 14.1 Å². The summed E-state index contributed by atoms with van der Waals surface area (Å²) in [6.07, 6.45) is 0. The topological polar surface area (TPSA) is 84.7 Å². The quantitative estimate of drug-likeness (QED) is 0.839. The van der Waals surface area contributed by atoms with Gasteiger partial charge in [0.25, 0.3) is 5.56 Å². The summed E-state index contributed by atoms with van der Waals surface area (Å²) < 4.78 is 2.46. The summed E-state index contributed by atoms with van der Waals surface area (Å²) in [6, 6.07) is 0. The molecule has 2 aromatic heterocycles. The molecule has 7 nitrogen and oxygen atoms in total. The van der Waals surface area contributed by atoms with E-state index in [-0.39, 0.29) is 11.2 Å². The highest BCUT2D eigenvalue weighted by Crippen LogP contribution is 2.24. The van der Waals surface area contributed by atoms with Gasteiger partial charge in [-0.15, -0.1) is 0 Å². The van der Waals surface area contributed by atoms with E-state index < -0.39 is 0 Å². The van der Waals surface area contributed by atoms with Crippen molar-refractivity contribution < 1.29 is 0 Å². The van der Waals surface area contributed by atoms with Crippen LogP contribution in [0.4, 0.5) is 5.95 Å². The summed E-state index contributed by atoms with van der Waals surface area (Å²) in [6.45, 7) is 0.797. The van der Waals surface area contributed by atoms with Gasteiger partial charge in [-0.05, 0) is 0 Å². The number of thioether (sulfide) groups is 2. The Kier molecular flexibility index (Phi) is 4.03. The second-order valence-electron chi connectivity index (χ2n) is 4.94. The molecule has 0 radical (unpaired) electrons. The number of rotatable bonds is 3. The van der Waals surface area contributed by atoms with Crippen LogP contribution in [0.5, 0.6) is 0 Å². The number of aryl methyl sites for hydroxylation is 1. The highest BCUT2D eigenvalue weighted by Gasteiger charge is 2.16. The van der Waals surface area contributed by atoms with Crippen LogP contribution in [0, 0.1) is 0 Å². The van der Waals surface area contributed by atoms with E-state index in [0.717, 1.165) is 16.9 Å². The molecule has 0 saturated carbocycles. The van der Waals surface area contributed by atoms with E-state index in [9.17, 15) is 9.59 Å². The third-order valence-electron chi connectivity index (χ3n) is 3.48. The van der Waals surface area contributed by atoms with Gasteiger partial charge in [-0.25, -0.2) is 4.79 Å². The molecule has 1 fully saturated rings. The van der Waals surface area contributed by atoms with Crippen LogP contribution < -0.4 is 16.6 Å². The predicted molar refractivity (Wildman–Crippen MR) is 88.6 cm³/mol. The van der Waals surface area contributed by atoms with Crippen molar-refractivity contribution >= 4 is 40.6 Å². The van der Waals surface area contributed by atoms with Gasteiger partial charge in [0.15, 0.2) is 11.2 Å². The van der Waals surface area contributed by atoms with Gasteiger partial charge in [0, 0.05) is 43.1 Å². The molecular weight excluding hydrogens is 310 g/mol. The molecule has 9 heteroatoms. The second-order valence-corrected chi connectivity index (χ2v) is 7.50. The van der Waals surface area contributed by atoms with E-state index >= 15 is 0 Å². The lowest BCUT2D eigenvalue weighted by Crippen LogP contribution is -2.36. The zero-order valence-corrected chi connectivity index (χ0v) is 13.5. The maximum absolute atomic E-state index is 12.1. The monoisotopic (exact) mass is 327 g/mol. The van der Waals surface area contributed by atoms with Gasteiger partial charge in [-0.2, -0.15) is 28.5 Å². The fourth-order valence-corrected chi connectivity index (χ4v) is 4.89. The van der Waals surface area contributed by atoms with Crippen LogP contribution in [0.2, 0.25) is 0 Å². The van der Waals surface area contributed by atoms with Gasteiger partial charge in [0.1, 0.15) is 0 Å². The minimum absolute atomic E-state index is 0.351. The van der Waals surface area contributed by atoms with Gasteiger partial charge in [-0.1, -0.05) is 0 Å². The maximum Gasteiger partial charge on any atom is 0.332 e. The van der Waals surface area contributed by atoms with Crippen LogP contribution in [0.25, 0.3) is 11.2 Å². The van der Waals surface area contributed by atoms with Gasteiger partial charge in [0.2, 0.25) is 5.95 Å². The van der Waals surface area contributed by atoms with Crippen LogP contribution >= 0.6 is 23.5 Å². The molecular formula is C12H17N5O2S2. The lowest BCUT2D eigenvalue weighted by Gasteiger charge is -2.20. The molecule has 0 amide bonds. The molecule has 0 bridgehead atoms. The first-order valence-electron chi connectivity index (χ1n) is 6.67. The van der Waals surface area contributed by atoms with Crippen LogP contribution in [-0.4, -0.2) is 48.2 Å². The molecule has 1 atom stereocenters. The van der Waals surface area contributed by atoms with E-state index in [1.165, 1.54) is 23.1 Å². The standard InChI is InChI=1S/C12H17N5O2S2/c1-16-9-8(10(18)17(2)12(16)19)14-11(15-9)13-5-7-6-20-3-4-21-7/h7H,3-6H2,1-2H3,(H2,13,14,15). The fraction of sp³-hybridized carbons (Fsp3) is 0.583. The van der Waals surface area contributed by atoms with Crippen molar-refractivity contribution in [2.45, 2.75) is 5.25 Å². The Bertz CT molecular complexity index is 772. The van der Waals surface area contributed by atoms with Crippen LogP contribution in [0.1, 0.15) is 0 Å². The van der Waals surface area contributed by atoms with E-state index in [0.29, 0.717) is 22.4 Å². The molecule has 2 N–H and O–H groups in total. The van der Waals surface area contributed by atoms with E-state index in [1.54, 1.807) is 7.05 Å². The van der Waals surface area contributed by atoms with Crippen molar-refractivity contribution in [3.05, 3.63) is 20.8 Å². The number of nitrogens with zero attached hydrogens (tertiary/aromatic N) is 3. The summed E-state index contributed by atoms with van der Waals surface area (Å²) >= 11 is 3.92.